The van der Waals surface area contributed by atoms with E-state index in [2.05, 4.69) is 0 Å². The van der Waals surface area contributed by atoms with Gasteiger partial charge >= 0.3 is 0 Å². The number of methoxy groups -OCH3 is 1. The summed E-state index contributed by atoms with van der Waals surface area (Å²) in [6, 6.07) is 3.70. The van der Waals surface area contributed by atoms with Gasteiger partial charge in [-0.05, 0) is 19.6 Å². The molecule has 0 radical (unpaired) electrons. The van der Waals surface area contributed by atoms with E-state index < -0.39 is 13.9 Å². The monoisotopic (exact) mass is 198 g/mol. The first-order chi connectivity index (χ1) is 5.89. The van der Waals surface area contributed by atoms with Crippen molar-refractivity contribution in [2.45, 2.75) is 25.2 Å². The zero-order valence-electron chi connectivity index (χ0n) is 8.42. The summed E-state index contributed by atoms with van der Waals surface area (Å²) in [5.41, 5.74) is -1.43. The number of hydrogen-bond acceptors (Lipinski definition) is 4. The standard InChI is InChI=1S/C8H14N2O2Si/c1-11-7-8(5-9,6-10)12-13(2,3)4/h7H2,1-4H3. The molecule has 0 spiro atoms. The van der Waals surface area contributed by atoms with Gasteiger partial charge < -0.3 is 9.16 Å². The van der Waals surface area contributed by atoms with E-state index in [4.69, 9.17) is 19.7 Å². The molecule has 0 aliphatic heterocycles. The van der Waals surface area contributed by atoms with Gasteiger partial charge in [0.15, 0.2) is 8.32 Å². The molecule has 0 unspecified atom stereocenters. The van der Waals surface area contributed by atoms with Crippen LogP contribution in [0.3, 0.4) is 0 Å². The lowest BCUT2D eigenvalue weighted by Crippen LogP contribution is -2.43. The van der Waals surface area contributed by atoms with Crippen LogP contribution < -0.4 is 0 Å². The fraction of sp³-hybridized carbons (Fsp3) is 0.750. The molecule has 0 aliphatic carbocycles. The highest BCUT2D eigenvalue weighted by molar-refractivity contribution is 6.69. The molecule has 0 aromatic heterocycles. The second kappa shape index (κ2) is 4.38. The highest BCUT2D eigenvalue weighted by Crippen LogP contribution is 2.17. The Labute approximate surface area is 79.8 Å². The molecule has 0 N–H and O–H groups in total. The van der Waals surface area contributed by atoms with Crippen LogP contribution in [0.1, 0.15) is 0 Å². The average molecular weight is 198 g/mol. The minimum absolute atomic E-state index is 0.00965. The van der Waals surface area contributed by atoms with Gasteiger partial charge in [0.1, 0.15) is 18.7 Å². The number of nitrogens with zero attached hydrogens (tertiary/aromatic N) is 2. The maximum Gasteiger partial charge on any atom is 0.255 e. The Hall–Kier alpha value is -0.883. The third-order valence-corrected chi connectivity index (χ3v) is 2.15. The molecule has 0 fully saturated rings. The highest BCUT2D eigenvalue weighted by Gasteiger charge is 2.36. The van der Waals surface area contributed by atoms with Crippen LogP contribution in [0.4, 0.5) is 0 Å². The first-order valence-electron chi connectivity index (χ1n) is 3.91. The van der Waals surface area contributed by atoms with Crippen molar-refractivity contribution < 1.29 is 9.16 Å². The van der Waals surface area contributed by atoms with Crippen LogP contribution in [0, 0.1) is 22.7 Å². The molecular formula is C8H14N2O2Si. The van der Waals surface area contributed by atoms with Gasteiger partial charge in [0.2, 0.25) is 0 Å². The smallest absolute Gasteiger partial charge is 0.255 e. The van der Waals surface area contributed by atoms with Crippen LogP contribution in [-0.2, 0) is 9.16 Å². The summed E-state index contributed by atoms with van der Waals surface area (Å²) < 4.78 is 10.2. The van der Waals surface area contributed by atoms with Gasteiger partial charge in [-0.3, -0.25) is 0 Å². The molecule has 4 nitrogen and oxygen atoms in total. The largest absolute Gasteiger partial charge is 0.388 e. The SMILES string of the molecule is COCC(C#N)(C#N)O[Si](C)(C)C. The van der Waals surface area contributed by atoms with E-state index in [1.54, 1.807) is 0 Å². The topological polar surface area (TPSA) is 66.0 Å². The Morgan fingerprint density at radius 1 is 1.23 bits per heavy atom. The molecule has 0 aromatic carbocycles. The molecule has 13 heavy (non-hydrogen) atoms. The van der Waals surface area contributed by atoms with Gasteiger partial charge in [-0.2, -0.15) is 10.5 Å². The minimum Gasteiger partial charge on any atom is -0.388 e. The van der Waals surface area contributed by atoms with E-state index in [0.717, 1.165) is 0 Å². The summed E-state index contributed by atoms with van der Waals surface area (Å²) >= 11 is 0. The maximum atomic E-state index is 8.82. The number of rotatable bonds is 4. The third-order valence-electron chi connectivity index (χ3n) is 1.19. The van der Waals surface area contributed by atoms with Crippen LogP contribution in [0.5, 0.6) is 0 Å². The zero-order chi connectivity index (χ0) is 10.5. The summed E-state index contributed by atoms with van der Waals surface area (Å²) in [5, 5.41) is 17.6. The Morgan fingerprint density at radius 3 is 1.92 bits per heavy atom. The van der Waals surface area contributed by atoms with Gasteiger partial charge in [-0.1, -0.05) is 0 Å². The molecule has 0 heterocycles. The first kappa shape index (κ1) is 12.1. The zero-order valence-corrected chi connectivity index (χ0v) is 9.42. The van der Waals surface area contributed by atoms with Gasteiger partial charge in [-0.25, -0.2) is 0 Å². The highest BCUT2D eigenvalue weighted by atomic mass is 28.4. The second-order valence-electron chi connectivity index (χ2n) is 3.70. The second-order valence-corrected chi connectivity index (χ2v) is 8.13. The van der Waals surface area contributed by atoms with Crippen molar-refractivity contribution in [2.24, 2.45) is 0 Å². The van der Waals surface area contributed by atoms with Crippen LogP contribution in [0.25, 0.3) is 0 Å². The maximum absolute atomic E-state index is 8.82. The Morgan fingerprint density at radius 2 is 1.69 bits per heavy atom. The minimum atomic E-state index is -1.90. The molecule has 5 heteroatoms. The molecule has 0 rings (SSSR count). The summed E-state index contributed by atoms with van der Waals surface area (Å²) in [6.07, 6.45) is 0. The van der Waals surface area contributed by atoms with Crippen LogP contribution >= 0.6 is 0 Å². The van der Waals surface area contributed by atoms with E-state index in [1.807, 2.05) is 31.8 Å². The van der Waals surface area contributed by atoms with Crippen molar-refractivity contribution in [1.29, 1.82) is 10.5 Å². The summed E-state index contributed by atoms with van der Waals surface area (Å²) in [5.74, 6) is 0. The molecule has 0 aromatic rings. The number of hydrogen-bond donors (Lipinski definition) is 0. The lowest BCUT2D eigenvalue weighted by atomic mass is 10.1. The molecule has 0 saturated carbocycles. The van der Waals surface area contributed by atoms with E-state index >= 15 is 0 Å². The van der Waals surface area contributed by atoms with Crippen molar-refractivity contribution in [3.63, 3.8) is 0 Å². The summed E-state index contributed by atoms with van der Waals surface area (Å²) in [7, 11) is -0.455. The molecule has 72 valence electrons. The van der Waals surface area contributed by atoms with Crippen LogP contribution in [0.2, 0.25) is 19.6 Å². The van der Waals surface area contributed by atoms with Gasteiger partial charge in [0, 0.05) is 7.11 Å². The van der Waals surface area contributed by atoms with Crippen LogP contribution in [0.15, 0.2) is 0 Å². The molecule has 0 aliphatic rings. The normalized spacial score (nSPS) is 11.8. The van der Waals surface area contributed by atoms with Crippen molar-refractivity contribution in [3.05, 3.63) is 0 Å². The number of ether oxygens (including phenoxy) is 1. The van der Waals surface area contributed by atoms with Crippen molar-refractivity contribution in [2.75, 3.05) is 13.7 Å². The predicted octanol–water partition coefficient (Wildman–Crippen LogP) is 1.27. The van der Waals surface area contributed by atoms with Gasteiger partial charge in [0.05, 0.1) is 0 Å². The molecule has 0 saturated heterocycles. The number of nitriles is 2. The van der Waals surface area contributed by atoms with Crippen molar-refractivity contribution in [3.8, 4) is 12.1 Å². The van der Waals surface area contributed by atoms with Gasteiger partial charge in [0.25, 0.3) is 5.60 Å². The lowest BCUT2D eigenvalue weighted by Gasteiger charge is -2.27. The van der Waals surface area contributed by atoms with Gasteiger partial charge in [-0.15, -0.1) is 0 Å². The molecule has 0 atom stereocenters. The predicted molar refractivity (Wildman–Crippen MR) is 50.3 cm³/mol. The summed E-state index contributed by atoms with van der Waals surface area (Å²) in [6.45, 7) is 5.76. The van der Waals surface area contributed by atoms with Crippen LogP contribution in [-0.4, -0.2) is 27.6 Å². The fourth-order valence-corrected chi connectivity index (χ4v) is 2.09. The molecule has 0 bridgehead atoms. The van der Waals surface area contributed by atoms with Crippen molar-refractivity contribution in [1.82, 2.24) is 0 Å². The Balaban J connectivity index is 4.64. The first-order valence-corrected chi connectivity index (χ1v) is 7.31. The molecular weight excluding hydrogens is 184 g/mol. The Bertz CT molecular complexity index is 232. The van der Waals surface area contributed by atoms with E-state index in [0.29, 0.717) is 0 Å². The third kappa shape index (κ3) is 4.04. The fourth-order valence-electron chi connectivity index (χ4n) is 0.891. The van der Waals surface area contributed by atoms with E-state index in [9.17, 15) is 0 Å². The van der Waals surface area contributed by atoms with Crippen molar-refractivity contribution >= 4 is 8.32 Å². The Kier molecular flexibility index (Phi) is 4.08. The van der Waals surface area contributed by atoms with E-state index in [-0.39, 0.29) is 6.61 Å². The molecule has 0 amide bonds. The van der Waals surface area contributed by atoms with E-state index in [1.165, 1.54) is 7.11 Å². The lowest BCUT2D eigenvalue weighted by molar-refractivity contribution is 0.0642. The quantitative estimate of drug-likeness (QED) is 0.638. The summed E-state index contributed by atoms with van der Waals surface area (Å²) in [4.78, 5) is 0. The average Bonchev–Trinajstić information content (AvgIpc) is 2.01.